The van der Waals surface area contributed by atoms with Gasteiger partial charge in [0.1, 0.15) is 5.82 Å². The average molecular weight is 382 g/mol. The fourth-order valence-corrected chi connectivity index (χ4v) is 3.69. The maximum absolute atomic E-state index is 14.0. The Kier molecular flexibility index (Phi) is 6.49. The number of halogens is 1. The van der Waals surface area contributed by atoms with Crippen molar-refractivity contribution in [3.8, 4) is 0 Å². The van der Waals surface area contributed by atoms with Gasteiger partial charge in [-0.1, -0.05) is 0 Å². The standard InChI is InChI=1S/C17H23FN4O3S/c1-12(2)21-26(24,25)14-6-7-16(18)15(9-14)17(23)19-8-4-5-13-10-20-22(3)11-13/h6-7,9-12,21H,4-5,8H2,1-3H3,(H,19,23). The average Bonchev–Trinajstić information content (AvgIpc) is 2.95. The third kappa shape index (κ3) is 5.37. The van der Waals surface area contributed by atoms with Crippen molar-refractivity contribution in [1.29, 1.82) is 0 Å². The smallest absolute Gasteiger partial charge is 0.254 e. The van der Waals surface area contributed by atoms with Gasteiger partial charge in [-0.05, 0) is 50.5 Å². The molecule has 0 bridgehead atoms. The number of nitrogens with one attached hydrogen (secondary N) is 2. The van der Waals surface area contributed by atoms with E-state index >= 15 is 0 Å². The van der Waals surface area contributed by atoms with Gasteiger partial charge in [0, 0.05) is 25.8 Å². The Morgan fingerprint density at radius 2 is 2.08 bits per heavy atom. The van der Waals surface area contributed by atoms with Crippen LogP contribution < -0.4 is 10.0 Å². The van der Waals surface area contributed by atoms with Gasteiger partial charge in [-0.15, -0.1) is 0 Å². The molecule has 1 aromatic heterocycles. The van der Waals surface area contributed by atoms with Crippen molar-refractivity contribution in [3.63, 3.8) is 0 Å². The quantitative estimate of drug-likeness (QED) is 0.679. The number of hydrogen-bond acceptors (Lipinski definition) is 4. The lowest BCUT2D eigenvalue weighted by Crippen LogP contribution is -2.31. The minimum atomic E-state index is -3.80. The molecule has 9 heteroatoms. The molecular formula is C17H23FN4O3S. The van der Waals surface area contributed by atoms with Crippen molar-refractivity contribution in [1.82, 2.24) is 19.8 Å². The number of sulfonamides is 1. The van der Waals surface area contributed by atoms with E-state index in [4.69, 9.17) is 0 Å². The second kappa shape index (κ2) is 8.41. The molecule has 0 spiro atoms. The minimum Gasteiger partial charge on any atom is -0.352 e. The van der Waals surface area contributed by atoms with Crippen molar-refractivity contribution in [2.45, 2.75) is 37.6 Å². The molecule has 0 aliphatic carbocycles. The van der Waals surface area contributed by atoms with Crippen molar-refractivity contribution in [2.24, 2.45) is 7.05 Å². The number of rotatable bonds is 8. The number of benzene rings is 1. The Hall–Kier alpha value is -2.26. The van der Waals surface area contributed by atoms with Crippen LogP contribution >= 0.6 is 0 Å². The van der Waals surface area contributed by atoms with E-state index < -0.39 is 21.7 Å². The summed E-state index contributed by atoms with van der Waals surface area (Å²) < 4.78 is 42.4. The first-order valence-corrected chi connectivity index (χ1v) is 9.75. The molecule has 0 saturated heterocycles. The number of hydrogen-bond donors (Lipinski definition) is 2. The highest BCUT2D eigenvalue weighted by atomic mass is 32.2. The van der Waals surface area contributed by atoms with E-state index in [2.05, 4.69) is 15.1 Å². The van der Waals surface area contributed by atoms with Gasteiger partial charge in [0.2, 0.25) is 10.0 Å². The number of carbonyl (C=O) groups is 1. The van der Waals surface area contributed by atoms with Crippen LogP contribution in [0.4, 0.5) is 4.39 Å². The van der Waals surface area contributed by atoms with E-state index in [1.54, 1.807) is 24.7 Å². The largest absolute Gasteiger partial charge is 0.352 e. The fourth-order valence-electron chi connectivity index (χ4n) is 2.41. The summed E-state index contributed by atoms with van der Waals surface area (Å²) in [6.45, 7) is 3.70. The molecule has 1 aromatic carbocycles. The van der Waals surface area contributed by atoms with Crippen LogP contribution in [0.15, 0.2) is 35.5 Å². The lowest BCUT2D eigenvalue weighted by Gasteiger charge is -2.11. The van der Waals surface area contributed by atoms with E-state index in [0.29, 0.717) is 13.0 Å². The van der Waals surface area contributed by atoms with Crippen molar-refractivity contribution < 1.29 is 17.6 Å². The van der Waals surface area contributed by atoms with Gasteiger partial charge in [0.05, 0.1) is 16.7 Å². The second-order valence-corrected chi connectivity index (χ2v) is 8.01. The number of amides is 1. The van der Waals surface area contributed by atoms with Crippen LogP contribution in [0.2, 0.25) is 0 Å². The zero-order valence-corrected chi connectivity index (χ0v) is 15.8. The predicted octanol–water partition coefficient (Wildman–Crippen LogP) is 1.61. The van der Waals surface area contributed by atoms with Crippen LogP contribution in [-0.4, -0.2) is 36.7 Å². The number of aromatic nitrogens is 2. The van der Waals surface area contributed by atoms with Gasteiger partial charge >= 0.3 is 0 Å². The molecular weight excluding hydrogens is 359 g/mol. The summed E-state index contributed by atoms with van der Waals surface area (Å²) in [5.41, 5.74) is 0.749. The van der Waals surface area contributed by atoms with Crippen LogP contribution in [-0.2, 0) is 23.5 Å². The molecule has 0 saturated carbocycles. The fraction of sp³-hybridized carbons (Fsp3) is 0.412. The Bertz CT molecular complexity index is 878. The van der Waals surface area contributed by atoms with E-state index in [1.165, 1.54) is 0 Å². The second-order valence-electron chi connectivity index (χ2n) is 6.30. The highest BCUT2D eigenvalue weighted by Crippen LogP contribution is 2.15. The Morgan fingerprint density at radius 3 is 2.69 bits per heavy atom. The van der Waals surface area contributed by atoms with E-state index in [9.17, 15) is 17.6 Å². The molecule has 1 heterocycles. The highest BCUT2D eigenvalue weighted by Gasteiger charge is 2.20. The number of aryl methyl sites for hydroxylation is 2. The molecule has 7 nitrogen and oxygen atoms in total. The van der Waals surface area contributed by atoms with Gasteiger partial charge in [0.15, 0.2) is 0 Å². The van der Waals surface area contributed by atoms with Crippen LogP contribution in [0.1, 0.15) is 36.2 Å². The van der Waals surface area contributed by atoms with Crippen molar-refractivity contribution in [2.75, 3.05) is 6.54 Å². The van der Waals surface area contributed by atoms with Crippen LogP contribution in [0, 0.1) is 5.82 Å². The lowest BCUT2D eigenvalue weighted by atomic mass is 10.2. The first-order chi connectivity index (χ1) is 12.2. The van der Waals surface area contributed by atoms with Gasteiger partial charge in [0.25, 0.3) is 5.91 Å². The zero-order valence-electron chi connectivity index (χ0n) is 15.0. The highest BCUT2D eigenvalue weighted by molar-refractivity contribution is 7.89. The predicted molar refractivity (Wildman–Crippen MR) is 95.7 cm³/mol. The molecule has 142 valence electrons. The summed E-state index contributed by atoms with van der Waals surface area (Å²) >= 11 is 0. The topological polar surface area (TPSA) is 93.1 Å². The molecule has 0 fully saturated rings. The molecule has 2 rings (SSSR count). The van der Waals surface area contributed by atoms with Crippen LogP contribution in [0.25, 0.3) is 0 Å². The number of nitrogens with zero attached hydrogens (tertiary/aromatic N) is 2. The normalized spacial score (nSPS) is 11.7. The van der Waals surface area contributed by atoms with Gasteiger partial charge in [-0.2, -0.15) is 5.10 Å². The third-order valence-corrected chi connectivity index (χ3v) is 5.23. The zero-order chi connectivity index (χ0) is 19.3. The van der Waals surface area contributed by atoms with Gasteiger partial charge in [-0.3, -0.25) is 9.48 Å². The Labute approximate surface area is 152 Å². The molecule has 2 aromatic rings. The maximum Gasteiger partial charge on any atom is 0.254 e. The Morgan fingerprint density at radius 1 is 1.35 bits per heavy atom. The van der Waals surface area contributed by atoms with Crippen LogP contribution in [0.3, 0.4) is 0 Å². The molecule has 2 N–H and O–H groups in total. The maximum atomic E-state index is 14.0. The summed E-state index contributed by atoms with van der Waals surface area (Å²) in [6, 6.07) is 2.87. The summed E-state index contributed by atoms with van der Waals surface area (Å²) in [5, 5.41) is 6.67. The molecule has 0 radical (unpaired) electrons. The van der Waals surface area contributed by atoms with E-state index in [-0.39, 0.29) is 16.5 Å². The first kappa shape index (κ1) is 20.1. The minimum absolute atomic E-state index is 0.145. The van der Waals surface area contributed by atoms with Gasteiger partial charge in [-0.25, -0.2) is 17.5 Å². The number of carbonyl (C=O) groups excluding carboxylic acids is 1. The molecule has 0 atom stereocenters. The van der Waals surface area contributed by atoms with Crippen molar-refractivity contribution >= 4 is 15.9 Å². The van der Waals surface area contributed by atoms with E-state index in [1.807, 2.05) is 13.2 Å². The third-order valence-electron chi connectivity index (χ3n) is 3.57. The summed E-state index contributed by atoms with van der Waals surface area (Å²) in [5.74, 6) is -1.41. The summed E-state index contributed by atoms with van der Waals surface area (Å²) in [4.78, 5) is 12.1. The van der Waals surface area contributed by atoms with Crippen molar-refractivity contribution in [3.05, 3.63) is 47.5 Å². The van der Waals surface area contributed by atoms with E-state index in [0.717, 1.165) is 30.2 Å². The Balaban J connectivity index is 2.00. The van der Waals surface area contributed by atoms with Gasteiger partial charge < -0.3 is 5.32 Å². The molecule has 0 unspecified atom stereocenters. The summed E-state index contributed by atoms with van der Waals surface area (Å²) in [7, 11) is -1.97. The molecule has 1 amide bonds. The molecule has 26 heavy (non-hydrogen) atoms. The monoisotopic (exact) mass is 382 g/mol. The molecule has 0 aliphatic heterocycles. The first-order valence-electron chi connectivity index (χ1n) is 8.26. The SMILES string of the molecule is CC(C)NS(=O)(=O)c1ccc(F)c(C(=O)NCCCc2cnn(C)c2)c1. The van der Waals surface area contributed by atoms with Crippen LogP contribution in [0.5, 0.6) is 0 Å². The summed E-state index contributed by atoms with van der Waals surface area (Å²) in [6.07, 6.45) is 5.02. The lowest BCUT2D eigenvalue weighted by molar-refractivity contribution is 0.0949. The molecule has 0 aliphatic rings.